The van der Waals surface area contributed by atoms with Gasteiger partial charge in [0.05, 0.1) is 19.2 Å². The first-order chi connectivity index (χ1) is 11.1. The van der Waals surface area contributed by atoms with Crippen LogP contribution in [0.2, 0.25) is 0 Å². The summed E-state index contributed by atoms with van der Waals surface area (Å²) >= 11 is 0. The Morgan fingerprint density at radius 3 is 2.87 bits per heavy atom. The summed E-state index contributed by atoms with van der Waals surface area (Å²) in [5.41, 5.74) is 0. The summed E-state index contributed by atoms with van der Waals surface area (Å²) in [4.78, 5) is 34.4. The minimum absolute atomic E-state index is 0.00689. The first-order valence-corrected chi connectivity index (χ1v) is 7.87. The minimum atomic E-state index is -0.112. The second-order valence-electron chi connectivity index (χ2n) is 6.10. The van der Waals surface area contributed by atoms with Gasteiger partial charge in [0.2, 0.25) is 11.8 Å². The van der Waals surface area contributed by atoms with Gasteiger partial charge >= 0.3 is 0 Å². The predicted molar refractivity (Wildman–Crippen MR) is 82.6 cm³/mol. The molecule has 0 spiro atoms. The quantitative estimate of drug-likeness (QED) is 0.721. The van der Waals surface area contributed by atoms with Gasteiger partial charge in [0, 0.05) is 45.6 Å². The fourth-order valence-electron chi connectivity index (χ4n) is 3.06. The molecule has 1 aromatic rings. The highest BCUT2D eigenvalue weighted by Gasteiger charge is 2.32. The van der Waals surface area contributed by atoms with Gasteiger partial charge in [0.25, 0.3) is 0 Å². The summed E-state index contributed by atoms with van der Waals surface area (Å²) in [7, 11) is 4.01. The fourth-order valence-corrected chi connectivity index (χ4v) is 3.06. The molecule has 2 fully saturated rings. The molecule has 2 aliphatic heterocycles. The van der Waals surface area contributed by atoms with Gasteiger partial charge < -0.3 is 19.1 Å². The Morgan fingerprint density at radius 2 is 2.17 bits per heavy atom. The smallest absolute Gasteiger partial charge is 0.249 e. The second-order valence-corrected chi connectivity index (χ2v) is 6.10. The summed E-state index contributed by atoms with van der Waals surface area (Å²) in [6, 6.07) is 0.0769. The molecule has 2 amide bonds. The van der Waals surface area contributed by atoms with Crippen LogP contribution in [0.5, 0.6) is 0 Å². The number of ether oxygens (including phenoxy) is 1. The maximum Gasteiger partial charge on any atom is 0.249 e. The van der Waals surface area contributed by atoms with Crippen molar-refractivity contribution in [3.05, 3.63) is 18.2 Å². The average molecular weight is 321 g/mol. The Kier molecular flexibility index (Phi) is 4.63. The zero-order valence-corrected chi connectivity index (χ0v) is 13.6. The molecular formula is C15H23N5O3. The number of amides is 2. The van der Waals surface area contributed by atoms with Crippen LogP contribution in [0.4, 0.5) is 0 Å². The van der Waals surface area contributed by atoms with Crippen LogP contribution in [-0.2, 0) is 21.4 Å². The van der Waals surface area contributed by atoms with E-state index in [1.807, 2.05) is 29.8 Å². The molecule has 0 N–H and O–H groups in total. The monoisotopic (exact) mass is 321 g/mol. The molecule has 23 heavy (non-hydrogen) atoms. The molecule has 0 saturated carbocycles. The molecule has 0 aromatic carbocycles. The normalized spacial score (nSPS) is 23.4. The van der Waals surface area contributed by atoms with E-state index >= 15 is 0 Å². The number of carbonyl (C=O) groups excluding carboxylic acids is 2. The highest BCUT2D eigenvalue weighted by atomic mass is 16.5. The van der Waals surface area contributed by atoms with E-state index in [9.17, 15) is 9.59 Å². The number of carbonyl (C=O) groups is 2. The molecule has 3 heterocycles. The molecule has 1 atom stereocenters. The summed E-state index contributed by atoms with van der Waals surface area (Å²) in [6.45, 7) is 3.26. The van der Waals surface area contributed by atoms with Gasteiger partial charge in [-0.2, -0.15) is 0 Å². The van der Waals surface area contributed by atoms with Crippen LogP contribution in [-0.4, -0.2) is 89.1 Å². The van der Waals surface area contributed by atoms with Crippen molar-refractivity contribution in [3.63, 3.8) is 0 Å². The molecule has 0 bridgehead atoms. The Hall–Kier alpha value is -1.93. The summed E-state index contributed by atoms with van der Waals surface area (Å²) < 4.78 is 7.09. The van der Waals surface area contributed by atoms with Crippen molar-refractivity contribution < 1.29 is 14.3 Å². The van der Waals surface area contributed by atoms with Crippen molar-refractivity contribution in [2.75, 3.05) is 53.0 Å². The number of aryl methyl sites for hydroxylation is 1. The van der Waals surface area contributed by atoms with Gasteiger partial charge in [-0.05, 0) is 7.05 Å². The van der Waals surface area contributed by atoms with Crippen LogP contribution >= 0.6 is 0 Å². The van der Waals surface area contributed by atoms with Crippen molar-refractivity contribution in [1.82, 2.24) is 24.3 Å². The van der Waals surface area contributed by atoms with E-state index in [0.29, 0.717) is 26.2 Å². The number of hydrogen-bond donors (Lipinski definition) is 0. The van der Waals surface area contributed by atoms with E-state index < -0.39 is 0 Å². The van der Waals surface area contributed by atoms with Gasteiger partial charge in [0.15, 0.2) is 0 Å². The second kappa shape index (κ2) is 6.67. The maximum atomic E-state index is 12.6. The lowest BCUT2D eigenvalue weighted by Crippen LogP contribution is -2.53. The van der Waals surface area contributed by atoms with Gasteiger partial charge in [0.1, 0.15) is 12.4 Å². The zero-order chi connectivity index (χ0) is 16.4. The molecular weight excluding hydrogens is 298 g/mol. The summed E-state index contributed by atoms with van der Waals surface area (Å²) in [5.74, 6) is 0.833. The lowest BCUT2D eigenvalue weighted by molar-refractivity contribution is -0.149. The van der Waals surface area contributed by atoms with Gasteiger partial charge in [-0.1, -0.05) is 0 Å². The van der Waals surface area contributed by atoms with Crippen molar-refractivity contribution >= 4 is 11.8 Å². The topological polar surface area (TPSA) is 70.9 Å². The minimum Gasteiger partial charge on any atom is -0.370 e. The van der Waals surface area contributed by atoms with Gasteiger partial charge in [-0.15, -0.1) is 0 Å². The Balaban J connectivity index is 1.65. The van der Waals surface area contributed by atoms with Crippen LogP contribution in [0.1, 0.15) is 11.9 Å². The molecule has 3 rings (SSSR count). The van der Waals surface area contributed by atoms with Crippen molar-refractivity contribution in [2.24, 2.45) is 7.05 Å². The maximum absolute atomic E-state index is 12.6. The molecule has 126 valence electrons. The predicted octanol–water partition coefficient (Wildman–Crippen LogP) is -0.906. The molecule has 8 nitrogen and oxygen atoms in total. The molecule has 2 aliphatic rings. The number of hydrogen-bond acceptors (Lipinski definition) is 5. The molecule has 1 aromatic heterocycles. The average Bonchev–Trinajstić information content (AvgIpc) is 2.96. The van der Waals surface area contributed by atoms with Crippen LogP contribution < -0.4 is 0 Å². The van der Waals surface area contributed by atoms with E-state index in [-0.39, 0.29) is 31.0 Å². The van der Waals surface area contributed by atoms with Crippen LogP contribution in [0, 0.1) is 0 Å². The third kappa shape index (κ3) is 3.37. The number of piperazine rings is 1. The molecule has 1 unspecified atom stereocenters. The van der Waals surface area contributed by atoms with E-state index in [1.165, 1.54) is 0 Å². The SMILES string of the molecule is CN1CCN(C(=O)CN2CCOCC2=O)CC1c1nccn1C. The molecule has 8 heteroatoms. The van der Waals surface area contributed by atoms with Crippen molar-refractivity contribution in [3.8, 4) is 0 Å². The van der Waals surface area contributed by atoms with E-state index in [1.54, 1.807) is 11.1 Å². The molecule has 0 aliphatic carbocycles. The largest absolute Gasteiger partial charge is 0.370 e. The lowest BCUT2D eigenvalue weighted by atomic mass is 10.1. The van der Waals surface area contributed by atoms with Crippen LogP contribution in [0.25, 0.3) is 0 Å². The summed E-state index contributed by atoms with van der Waals surface area (Å²) in [5, 5.41) is 0. The number of likely N-dealkylation sites (N-methyl/N-ethyl adjacent to an activating group) is 1. The third-order valence-electron chi connectivity index (χ3n) is 4.57. The van der Waals surface area contributed by atoms with Crippen LogP contribution in [0.3, 0.4) is 0 Å². The number of rotatable bonds is 3. The van der Waals surface area contributed by atoms with Crippen molar-refractivity contribution in [2.45, 2.75) is 6.04 Å². The first kappa shape index (κ1) is 15.9. The first-order valence-electron chi connectivity index (χ1n) is 7.87. The fraction of sp³-hybridized carbons (Fsp3) is 0.667. The standard InChI is InChI=1S/C15H23N5O3/c1-17-5-6-19(9-12(17)15-16-3-4-18(15)2)13(21)10-20-7-8-23-11-14(20)22/h3-4,12H,5-11H2,1-2H3. The molecule has 0 radical (unpaired) electrons. The lowest BCUT2D eigenvalue weighted by Gasteiger charge is -2.39. The van der Waals surface area contributed by atoms with Gasteiger partial charge in [-0.3, -0.25) is 14.5 Å². The number of morpholine rings is 1. The highest BCUT2D eigenvalue weighted by Crippen LogP contribution is 2.22. The van der Waals surface area contributed by atoms with E-state index in [0.717, 1.165) is 12.4 Å². The summed E-state index contributed by atoms with van der Waals surface area (Å²) in [6.07, 6.45) is 3.69. The zero-order valence-electron chi connectivity index (χ0n) is 13.6. The van der Waals surface area contributed by atoms with Crippen LogP contribution in [0.15, 0.2) is 12.4 Å². The number of aromatic nitrogens is 2. The Bertz CT molecular complexity index is 587. The van der Waals surface area contributed by atoms with Gasteiger partial charge in [-0.25, -0.2) is 4.98 Å². The highest BCUT2D eigenvalue weighted by molar-refractivity contribution is 5.85. The number of imidazole rings is 1. The third-order valence-corrected chi connectivity index (χ3v) is 4.57. The Labute approximate surface area is 135 Å². The number of nitrogens with zero attached hydrogens (tertiary/aromatic N) is 5. The van der Waals surface area contributed by atoms with Crippen molar-refractivity contribution in [1.29, 1.82) is 0 Å². The Morgan fingerprint density at radius 1 is 1.35 bits per heavy atom. The van der Waals surface area contributed by atoms with E-state index in [2.05, 4.69) is 9.88 Å². The molecule has 2 saturated heterocycles. The van der Waals surface area contributed by atoms with E-state index in [4.69, 9.17) is 4.74 Å².